The molecule has 0 saturated heterocycles. The summed E-state index contributed by atoms with van der Waals surface area (Å²) in [5.74, 6) is -0.882. The molecule has 0 radical (unpaired) electrons. The lowest BCUT2D eigenvalue weighted by Crippen LogP contribution is -2.19. The fraction of sp³-hybridized carbons (Fsp3) is 0.318. The van der Waals surface area contributed by atoms with E-state index in [9.17, 15) is 4.79 Å². The Morgan fingerprint density at radius 3 is 2.52 bits per heavy atom. The maximum Gasteiger partial charge on any atom is 0.331 e. The molecule has 4 nitrogen and oxygen atoms in total. The van der Waals surface area contributed by atoms with Crippen LogP contribution < -0.4 is 4.90 Å². The van der Waals surface area contributed by atoms with Crippen LogP contribution in [0.5, 0.6) is 0 Å². The van der Waals surface area contributed by atoms with Crippen molar-refractivity contribution in [3.8, 4) is 0 Å². The minimum absolute atomic E-state index is 0.319. The zero-order chi connectivity index (χ0) is 19.8. The molecule has 0 unspecified atom stereocenters. The number of aliphatic hydroxyl groups is 1. The van der Waals surface area contributed by atoms with Crippen molar-refractivity contribution in [1.82, 2.24) is 0 Å². The number of nitrogens with zero attached hydrogens (tertiary/aromatic N) is 1. The molecule has 27 heavy (non-hydrogen) atoms. The molecule has 2 aromatic rings. The molecule has 2 aromatic carbocycles. The van der Waals surface area contributed by atoms with Crippen molar-refractivity contribution in [3.05, 3.63) is 69.2 Å². The molecule has 144 valence electrons. The molecule has 0 saturated carbocycles. The summed E-state index contributed by atoms with van der Waals surface area (Å²) in [6.45, 7) is 5.73. The summed E-state index contributed by atoms with van der Waals surface area (Å²) in [4.78, 5) is 13.4. The zero-order valence-electron chi connectivity index (χ0n) is 15.8. The van der Waals surface area contributed by atoms with E-state index in [1.54, 1.807) is 13.0 Å². The first-order chi connectivity index (χ1) is 13.0. The predicted octanol–water partition coefficient (Wildman–Crippen LogP) is 4.89. The Morgan fingerprint density at radius 1 is 1.26 bits per heavy atom. The van der Waals surface area contributed by atoms with E-state index in [4.69, 9.17) is 10.2 Å². The van der Waals surface area contributed by atoms with E-state index in [1.165, 1.54) is 16.8 Å². The first-order valence-corrected chi connectivity index (χ1v) is 9.89. The molecule has 1 heterocycles. The summed E-state index contributed by atoms with van der Waals surface area (Å²) in [7, 11) is 0. The average molecular weight is 432 g/mol. The second-order valence-electron chi connectivity index (χ2n) is 6.52. The van der Waals surface area contributed by atoms with Crippen molar-refractivity contribution in [2.45, 2.75) is 33.2 Å². The highest BCUT2D eigenvalue weighted by Crippen LogP contribution is 2.38. The lowest BCUT2D eigenvalue weighted by molar-refractivity contribution is -0.132. The Morgan fingerprint density at radius 2 is 1.93 bits per heavy atom. The van der Waals surface area contributed by atoms with E-state index in [-0.39, 0.29) is 0 Å². The molecule has 3 rings (SSSR count). The number of carboxylic acids is 1. The highest BCUT2D eigenvalue weighted by Gasteiger charge is 2.22. The van der Waals surface area contributed by atoms with Gasteiger partial charge in [0.2, 0.25) is 0 Å². The minimum Gasteiger partial charge on any atom is -0.478 e. The van der Waals surface area contributed by atoms with Gasteiger partial charge in [0.15, 0.2) is 0 Å². The quantitative estimate of drug-likeness (QED) is 0.661. The van der Waals surface area contributed by atoms with Gasteiger partial charge in [-0.2, -0.15) is 0 Å². The summed E-state index contributed by atoms with van der Waals surface area (Å²) in [6.07, 6.45) is 3.57. The molecular formula is C22H26BrNO3. The third-order valence-corrected chi connectivity index (χ3v) is 4.90. The Hall–Kier alpha value is -2.11. The number of hydrogen-bond acceptors (Lipinski definition) is 3. The number of carboxylic acid groups (broad SMARTS) is 1. The molecule has 1 aliphatic rings. The number of carbonyl (C=O) groups is 1. The summed E-state index contributed by atoms with van der Waals surface area (Å²) in [6, 6.07) is 14.5. The van der Waals surface area contributed by atoms with Crippen LogP contribution in [0.15, 0.2) is 52.5 Å². The molecule has 0 aliphatic carbocycles. The van der Waals surface area contributed by atoms with Crippen molar-refractivity contribution < 1.29 is 15.0 Å². The van der Waals surface area contributed by atoms with Crippen LogP contribution in [-0.4, -0.2) is 29.3 Å². The second kappa shape index (κ2) is 10.3. The van der Waals surface area contributed by atoms with Gasteiger partial charge in [-0.15, -0.1) is 0 Å². The lowest BCUT2D eigenvalue weighted by atomic mass is 10.1. The third kappa shape index (κ3) is 5.94. The van der Waals surface area contributed by atoms with Gasteiger partial charge >= 0.3 is 5.97 Å². The number of aliphatic carboxylic acids is 1. The van der Waals surface area contributed by atoms with Crippen molar-refractivity contribution in [2.75, 3.05) is 18.1 Å². The second-order valence-corrected chi connectivity index (χ2v) is 7.38. The van der Waals surface area contributed by atoms with Gasteiger partial charge < -0.3 is 15.1 Å². The maximum absolute atomic E-state index is 11.0. The van der Waals surface area contributed by atoms with E-state index in [1.807, 2.05) is 19.1 Å². The van der Waals surface area contributed by atoms with Gasteiger partial charge in [-0.25, -0.2) is 4.79 Å². The largest absolute Gasteiger partial charge is 0.478 e. The van der Waals surface area contributed by atoms with Gasteiger partial charge in [0.25, 0.3) is 0 Å². The number of anilines is 1. The Labute approximate surface area is 169 Å². The number of halogens is 1. The fourth-order valence-electron chi connectivity index (χ4n) is 2.95. The molecule has 1 aliphatic heterocycles. The predicted molar refractivity (Wildman–Crippen MR) is 114 cm³/mol. The van der Waals surface area contributed by atoms with Crippen LogP contribution in [0.25, 0.3) is 6.08 Å². The first kappa shape index (κ1) is 21.2. The van der Waals surface area contributed by atoms with Crippen LogP contribution in [0.3, 0.4) is 0 Å². The van der Waals surface area contributed by atoms with Gasteiger partial charge in [0.1, 0.15) is 0 Å². The van der Waals surface area contributed by atoms with Crippen LogP contribution >= 0.6 is 15.9 Å². The van der Waals surface area contributed by atoms with Gasteiger partial charge in [-0.05, 0) is 70.6 Å². The monoisotopic (exact) mass is 431 g/mol. The molecule has 0 fully saturated rings. The highest BCUT2D eigenvalue weighted by molar-refractivity contribution is 9.10. The van der Waals surface area contributed by atoms with Crippen molar-refractivity contribution in [1.29, 1.82) is 0 Å². The van der Waals surface area contributed by atoms with Crippen molar-refractivity contribution >= 4 is 33.7 Å². The maximum atomic E-state index is 11.0. The molecule has 2 N–H and O–H groups in total. The van der Waals surface area contributed by atoms with E-state index in [0.717, 1.165) is 36.0 Å². The number of benzene rings is 2. The smallest absolute Gasteiger partial charge is 0.331 e. The van der Waals surface area contributed by atoms with E-state index < -0.39 is 5.97 Å². The topological polar surface area (TPSA) is 60.8 Å². The number of rotatable bonds is 5. The molecular weight excluding hydrogens is 406 g/mol. The molecule has 0 spiro atoms. The lowest BCUT2D eigenvalue weighted by Gasteiger charge is -2.21. The molecule has 0 atom stereocenters. The van der Waals surface area contributed by atoms with Gasteiger partial charge in [-0.3, -0.25) is 0 Å². The molecule has 0 aromatic heterocycles. The Balaban J connectivity index is 0.000000596. The number of fused-ring (bicyclic) bond motifs is 1. The zero-order valence-corrected chi connectivity index (χ0v) is 17.4. The molecule has 0 bridgehead atoms. The third-order valence-electron chi connectivity index (χ3n) is 4.29. The number of aliphatic hydroxyl groups excluding tert-OH is 1. The van der Waals surface area contributed by atoms with Gasteiger partial charge in [0.05, 0.1) is 5.69 Å². The van der Waals surface area contributed by atoms with Crippen LogP contribution in [0.2, 0.25) is 0 Å². The normalized spacial score (nSPS) is 13.0. The number of hydrogen-bond donors (Lipinski definition) is 2. The fourth-order valence-corrected chi connectivity index (χ4v) is 3.72. The van der Waals surface area contributed by atoms with E-state index >= 15 is 0 Å². The summed E-state index contributed by atoms with van der Waals surface area (Å²) in [5, 5.41) is 16.9. The standard InChI is InChI=1S/C19H18BrNO2.C3H8O/c1-13(19(22)23)9-15-10-16-7-8-21(18(16)17(20)11-15)12-14-5-3-2-4-6-14;1-2-3-4/h2-6,9-11H,7-8,12H2,1H3,(H,22,23);4H,2-3H2,1H3/b13-9+;. The van der Waals surface area contributed by atoms with E-state index in [0.29, 0.717) is 12.2 Å². The van der Waals surface area contributed by atoms with Gasteiger partial charge in [-0.1, -0.05) is 37.3 Å². The Kier molecular flexibility index (Phi) is 8.07. The summed E-state index contributed by atoms with van der Waals surface area (Å²) in [5.41, 5.74) is 5.05. The van der Waals surface area contributed by atoms with Crippen LogP contribution in [0, 0.1) is 0 Å². The SMILES string of the molecule is C/C(=C\c1cc(Br)c2c(c1)CCN2Cc1ccccc1)C(=O)O.CCCO. The summed E-state index contributed by atoms with van der Waals surface area (Å²) < 4.78 is 1.02. The Bertz CT molecular complexity index is 801. The van der Waals surface area contributed by atoms with Crippen LogP contribution in [0.4, 0.5) is 5.69 Å². The molecule has 5 heteroatoms. The molecule has 0 amide bonds. The average Bonchev–Trinajstić information content (AvgIpc) is 3.05. The highest BCUT2D eigenvalue weighted by atomic mass is 79.9. The first-order valence-electron chi connectivity index (χ1n) is 9.10. The minimum atomic E-state index is -0.882. The van der Waals surface area contributed by atoms with Crippen molar-refractivity contribution in [2.24, 2.45) is 0 Å². The van der Waals surface area contributed by atoms with Crippen LogP contribution in [0.1, 0.15) is 37.0 Å². The summed E-state index contributed by atoms with van der Waals surface area (Å²) >= 11 is 3.66. The van der Waals surface area contributed by atoms with Crippen LogP contribution in [-0.2, 0) is 17.8 Å². The van der Waals surface area contributed by atoms with E-state index in [2.05, 4.69) is 51.2 Å². The van der Waals surface area contributed by atoms with Gasteiger partial charge in [0, 0.05) is 29.7 Å². The van der Waals surface area contributed by atoms with Crippen molar-refractivity contribution in [3.63, 3.8) is 0 Å².